The first-order chi connectivity index (χ1) is 30.3. The van der Waals surface area contributed by atoms with Crippen LogP contribution in [0.5, 0.6) is 34.8 Å². The third-order valence-corrected chi connectivity index (χ3v) is 9.14. The number of rotatable bonds is 11. The Hall–Kier alpha value is -8.18. The molecule has 2 aromatic heterocycles. The molecule has 3 heterocycles. The van der Waals surface area contributed by atoms with Crippen LogP contribution in [0.4, 0.5) is 0 Å². The number of hydrogen-bond donors (Lipinski definition) is 1. The third-order valence-electron chi connectivity index (χ3n) is 9.14. The van der Waals surface area contributed by atoms with Gasteiger partial charge < -0.3 is 24.7 Å². The number of nitrogens with two attached hydrogens (primary N) is 1. The molecule has 2 amide bonds. The van der Waals surface area contributed by atoms with Crippen molar-refractivity contribution in [3.05, 3.63) is 203 Å². The molecule has 7 aromatic rings. The van der Waals surface area contributed by atoms with Crippen molar-refractivity contribution in [3.63, 3.8) is 0 Å². The number of fused-ring (bicyclic) bond motifs is 1. The molecule has 1 aliphatic rings. The number of hydrogen-bond acceptors (Lipinski definition) is 9. The van der Waals surface area contributed by atoms with Crippen molar-refractivity contribution in [2.24, 2.45) is 5.73 Å². The number of nitrogens with zero attached hydrogens (tertiary/aromatic N) is 3. The summed E-state index contributed by atoms with van der Waals surface area (Å²) in [6.07, 6.45) is 3.25. The Morgan fingerprint density at radius 3 is 1.32 bits per heavy atom. The van der Waals surface area contributed by atoms with E-state index >= 15 is 0 Å². The second-order valence-corrected chi connectivity index (χ2v) is 14.0. The number of ether oxygens (including phenoxy) is 4. The van der Waals surface area contributed by atoms with Crippen molar-refractivity contribution in [2.75, 3.05) is 0 Å². The molecule has 10 nitrogen and oxygen atoms in total. The van der Waals surface area contributed by atoms with Crippen molar-refractivity contribution in [3.8, 4) is 58.4 Å². The zero-order chi connectivity index (χ0) is 43.1. The van der Waals surface area contributed by atoms with Gasteiger partial charge in [-0.25, -0.2) is 9.97 Å². The van der Waals surface area contributed by atoms with Crippen molar-refractivity contribution >= 4 is 11.8 Å². The fourth-order valence-corrected chi connectivity index (χ4v) is 5.98. The molecule has 10 heteroatoms. The Morgan fingerprint density at radius 1 is 0.516 bits per heavy atom. The van der Waals surface area contributed by atoms with Gasteiger partial charge in [-0.1, -0.05) is 96.5 Å². The predicted molar refractivity (Wildman–Crippen MR) is 237 cm³/mol. The molecule has 0 saturated carbocycles. The molecule has 306 valence electrons. The van der Waals surface area contributed by atoms with Gasteiger partial charge in [0.15, 0.2) is 0 Å². The van der Waals surface area contributed by atoms with Crippen molar-refractivity contribution in [1.82, 2.24) is 14.9 Å². The van der Waals surface area contributed by atoms with E-state index in [1.807, 2.05) is 110 Å². The van der Waals surface area contributed by atoms with E-state index < -0.39 is 6.04 Å². The van der Waals surface area contributed by atoms with Gasteiger partial charge in [-0.15, -0.1) is 0 Å². The molecule has 1 aliphatic heterocycles. The van der Waals surface area contributed by atoms with E-state index in [9.17, 15) is 9.59 Å². The van der Waals surface area contributed by atoms with Crippen LogP contribution < -0.4 is 24.7 Å². The van der Waals surface area contributed by atoms with Gasteiger partial charge in [0, 0.05) is 23.3 Å². The van der Waals surface area contributed by atoms with Gasteiger partial charge in [-0.2, -0.15) is 0 Å². The van der Waals surface area contributed by atoms with Crippen LogP contribution in [0.3, 0.4) is 0 Å². The maximum absolute atomic E-state index is 12.6. The summed E-state index contributed by atoms with van der Waals surface area (Å²) < 4.78 is 23.0. The van der Waals surface area contributed by atoms with E-state index in [4.69, 9.17) is 24.7 Å². The van der Waals surface area contributed by atoms with Gasteiger partial charge in [-0.3, -0.25) is 14.5 Å². The second kappa shape index (κ2) is 20.7. The summed E-state index contributed by atoms with van der Waals surface area (Å²) in [6, 6.07) is 47.9. The molecular weight excluding hydrogens is 777 g/mol. The first kappa shape index (κ1) is 42.0. The second-order valence-electron chi connectivity index (χ2n) is 14.0. The lowest BCUT2D eigenvalue weighted by Crippen LogP contribution is -2.37. The fraction of sp³-hybridized carbons (Fsp3) is 0.115. The quantitative estimate of drug-likeness (QED) is 0.100. The topological polar surface area (TPSA) is 126 Å². The van der Waals surface area contributed by atoms with E-state index in [-0.39, 0.29) is 17.9 Å². The average Bonchev–Trinajstić information content (AvgIpc) is 3.57. The number of imide groups is 1. The minimum atomic E-state index is -0.554. The lowest BCUT2D eigenvalue weighted by Gasteiger charge is -2.17. The molecule has 2 N–H and O–H groups in total. The lowest BCUT2D eigenvalue weighted by atomic mass is 10.1. The maximum atomic E-state index is 12.6. The van der Waals surface area contributed by atoms with Gasteiger partial charge >= 0.3 is 0 Å². The number of pyridine rings is 2. The summed E-state index contributed by atoms with van der Waals surface area (Å²) in [5.74, 6) is 15.0. The summed E-state index contributed by atoms with van der Waals surface area (Å²) in [7, 11) is 0. The molecule has 0 spiro atoms. The Morgan fingerprint density at radius 2 is 0.919 bits per heavy atom. The van der Waals surface area contributed by atoms with Crippen LogP contribution in [0.15, 0.2) is 170 Å². The summed E-state index contributed by atoms with van der Waals surface area (Å²) in [5, 5.41) is 0. The highest BCUT2D eigenvalue weighted by Crippen LogP contribution is 2.26. The number of amides is 2. The Bertz CT molecular complexity index is 2670. The number of carbonyl (C=O) groups excluding carboxylic acids is 2. The van der Waals surface area contributed by atoms with Gasteiger partial charge in [0.25, 0.3) is 11.8 Å². The van der Waals surface area contributed by atoms with Gasteiger partial charge in [0.2, 0.25) is 11.8 Å². The molecule has 0 bridgehead atoms. The Labute approximate surface area is 360 Å². The lowest BCUT2D eigenvalue weighted by molar-refractivity contribution is 0.0630. The summed E-state index contributed by atoms with van der Waals surface area (Å²) in [6.45, 7) is 4.53. The van der Waals surface area contributed by atoms with E-state index in [1.54, 1.807) is 73.9 Å². The van der Waals surface area contributed by atoms with Crippen LogP contribution in [-0.2, 0) is 13.2 Å². The van der Waals surface area contributed by atoms with Gasteiger partial charge in [0.05, 0.1) is 35.6 Å². The van der Waals surface area contributed by atoms with E-state index in [2.05, 4.69) is 33.6 Å². The molecule has 0 aliphatic carbocycles. The van der Waals surface area contributed by atoms with E-state index in [0.29, 0.717) is 53.3 Å². The minimum Gasteiger partial charge on any atom is -0.473 e. The monoisotopic (exact) mass is 818 g/mol. The van der Waals surface area contributed by atoms with Gasteiger partial charge in [0.1, 0.15) is 36.2 Å². The molecular formula is C52H42N4O6. The predicted octanol–water partition coefficient (Wildman–Crippen LogP) is 9.64. The van der Waals surface area contributed by atoms with Crippen LogP contribution in [0.1, 0.15) is 56.8 Å². The first-order valence-corrected chi connectivity index (χ1v) is 19.8. The molecule has 2 atom stereocenters. The summed E-state index contributed by atoms with van der Waals surface area (Å²) >= 11 is 0. The zero-order valence-corrected chi connectivity index (χ0v) is 34.1. The number of benzene rings is 5. The van der Waals surface area contributed by atoms with E-state index in [0.717, 1.165) is 28.0 Å². The normalized spacial score (nSPS) is 12.2. The third kappa shape index (κ3) is 11.7. The highest BCUT2D eigenvalue weighted by atomic mass is 16.5. The maximum Gasteiger partial charge on any atom is 0.262 e. The Balaban J connectivity index is 0.000000197. The SMILES string of the molecule is CC(C#Cc1ccc(Oc2ccc(OCc3ccccc3)nc2)cc1)N1C(=O)c2ccccc2C1=O.CC(N)C#Cc1ccc(Oc2ccc(OCc3ccccc3)nc2)cc1. The molecule has 0 saturated heterocycles. The fourth-order valence-electron chi connectivity index (χ4n) is 5.98. The number of carbonyl (C=O) groups is 2. The van der Waals surface area contributed by atoms with Crippen molar-refractivity contribution < 1.29 is 28.5 Å². The van der Waals surface area contributed by atoms with Crippen molar-refractivity contribution in [2.45, 2.75) is 39.1 Å². The molecule has 8 rings (SSSR count). The molecule has 5 aromatic carbocycles. The van der Waals surface area contributed by atoms with Crippen LogP contribution in [0.2, 0.25) is 0 Å². The van der Waals surface area contributed by atoms with Crippen LogP contribution in [0.25, 0.3) is 0 Å². The molecule has 0 radical (unpaired) electrons. The van der Waals surface area contributed by atoms with Gasteiger partial charge in [-0.05, 0) is 97.8 Å². The highest BCUT2D eigenvalue weighted by Gasteiger charge is 2.37. The average molecular weight is 819 g/mol. The number of aromatic nitrogens is 2. The zero-order valence-electron chi connectivity index (χ0n) is 34.1. The molecule has 0 fully saturated rings. The molecule has 62 heavy (non-hydrogen) atoms. The first-order valence-electron chi connectivity index (χ1n) is 19.8. The molecule has 2 unspecified atom stereocenters. The van der Waals surface area contributed by atoms with E-state index in [1.165, 1.54) is 4.90 Å². The largest absolute Gasteiger partial charge is 0.473 e. The van der Waals surface area contributed by atoms with Crippen LogP contribution in [0, 0.1) is 23.7 Å². The summed E-state index contributed by atoms with van der Waals surface area (Å²) in [5.41, 5.74) is 10.3. The smallest absolute Gasteiger partial charge is 0.262 e. The standard InChI is InChI=1S/C30H22N2O4.C22H20N2O2/c1-21(32-29(33)26-9-5-6-10-27(26)30(32)34)11-12-22-13-15-24(16-14-22)36-25-17-18-28(31-19-25)35-20-23-7-3-2-4-8-23;1-17(23)7-8-18-9-11-20(12-10-18)26-21-13-14-22(24-15-21)25-16-19-5-3-2-4-6-19/h2-10,13-19,21H,20H2,1H3;2-6,9-15,17H,16,23H2,1H3. The minimum absolute atomic E-state index is 0.139. The van der Waals surface area contributed by atoms with Crippen molar-refractivity contribution in [1.29, 1.82) is 0 Å². The van der Waals surface area contributed by atoms with Crippen LogP contribution in [-0.4, -0.2) is 38.8 Å². The Kier molecular flexibility index (Phi) is 14.0. The highest BCUT2D eigenvalue weighted by molar-refractivity contribution is 6.21. The van der Waals surface area contributed by atoms with Crippen LogP contribution >= 0.6 is 0 Å². The summed E-state index contributed by atoms with van der Waals surface area (Å²) in [4.78, 5) is 35.0.